The van der Waals surface area contributed by atoms with Crippen LogP contribution in [0.15, 0.2) is 70.2 Å². The number of carbonyl (C=O) groups is 2. The maximum Gasteiger partial charge on any atom is 0.271 e. The van der Waals surface area contributed by atoms with E-state index >= 15 is 0 Å². The van der Waals surface area contributed by atoms with E-state index in [4.69, 9.17) is 4.42 Å². The Bertz CT molecular complexity index is 1090. The van der Waals surface area contributed by atoms with E-state index in [1.54, 1.807) is 54.6 Å². The van der Waals surface area contributed by atoms with E-state index in [9.17, 15) is 14.9 Å². The number of hydrogen-bond donors (Lipinski definition) is 2. The lowest BCUT2D eigenvalue weighted by Gasteiger charge is -2.04. The minimum absolute atomic E-state index is 0.220. The number of rotatable bonds is 5. The van der Waals surface area contributed by atoms with Crippen LogP contribution in [0.25, 0.3) is 11.3 Å². The molecule has 3 rings (SSSR count). The summed E-state index contributed by atoms with van der Waals surface area (Å²) in [6.07, 6.45) is 1.37. The van der Waals surface area contributed by atoms with Gasteiger partial charge in [-0.15, -0.1) is 0 Å². The number of benzene rings is 2. The van der Waals surface area contributed by atoms with Gasteiger partial charge in [0.1, 0.15) is 11.5 Å². The first-order chi connectivity index (χ1) is 13.6. The van der Waals surface area contributed by atoms with Crippen molar-refractivity contribution in [2.75, 3.05) is 5.32 Å². The van der Waals surface area contributed by atoms with Crippen molar-refractivity contribution in [3.8, 4) is 17.4 Å². The topological polar surface area (TPSA) is 107 Å². The summed E-state index contributed by atoms with van der Waals surface area (Å²) in [6.45, 7) is 1.39. The van der Waals surface area contributed by atoms with Crippen molar-refractivity contribution in [2.24, 2.45) is 5.10 Å². The van der Waals surface area contributed by atoms with Crippen molar-refractivity contribution in [1.82, 2.24) is 5.43 Å². The summed E-state index contributed by atoms with van der Waals surface area (Å²) in [5.74, 6) is 0.315. The maximum atomic E-state index is 12.2. The van der Waals surface area contributed by atoms with Crippen LogP contribution < -0.4 is 10.7 Å². The van der Waals surface area contributed by atoms with E-state index in [1.165, 1.54) is 13.1 Å². The van der Waals surface area contributed by atoms with Crippen LogP contribution in [0.2, 0.25) is 0 Å². The second-order valence-corrected chi connectivity index (χ2v) is 5.82. The van der Waals surface area contributed by atoms with Gasteiger partial charge >= 0.3 is 0 Å². The van der Waals surface area contributed by atoms with Crippen LogP contribution in [0.1, 0.15) is 28.6 Å². The fourth-order valence-corrected chi connectivity index (χ4v) is 2.52. The number of hydrogen-bond acceptors (Lipinski definition) is 5. The maximum absolute atomic E-state index is 12.2. The predicted molar refractivity (Wildman–Crippen MR) is 105 cm³/mol. The van der Waals surface area contributed by atoms with Gasteiger partial charge in [-0.1, -0.05) is 18.2 Å². The number of anilines is 1. The summed E-state index contributed by atoms with van der Waals surface area (Å²) in [7, 11) is 0. The highest BCUT2D eigenvalue weighted by molar-refractivity contribution is 5.97. The summed E-state index contributed by atoms with van der Waals surface area (Å²) in [5.41, 5.74) is 4.47. The van der Waals surface area contributed by atoms with Gasteiger partial charge in [-0.2, -0.15) is 10.4 Å². The molecule has 2 aromatic carbocycles. The molecule has 0 saturated carbocycles. The quantitative estimate of drug-likeness (QED) is 0.527. The number of furan rings is 1. The molecule has 2 amide bonds. The molecular weight excluding hydrogens is 356 g/mol. The predicted octanol–water partition coefficient (Wildman–Crippen LogP) is 3.54. The average Bonchev–Trinajstić information content (AvgIpc) is 3.16. The Morgan fingerprint density at radius 1 is 1.11 bits per heavy atom. The Morgan fingerprint density at radius 3 is 2.71 bits per heavy atom. The van der Waals surface area contributed by atoms with Crippen LogP contribution in [0.3, 0.4) is 0 Å². The van der Waals surface area contributed by atoms with Crippen LogP contribution in [-0.4, -0.2) is 18.0 Å². The van der Waals surface area contributed by atoms with Crippen molar-refractivity contribution < 1.29 is 14.0 Å². The van der Waals surface area contributed by atoms with Gasteiger partial charge in [-0.25, -0.2) is 5.43 Å². The van der Waals surface area contributed by atoms with E-state index in [0.29, 0.717) is 33.9 Å². The van der Waals surface area contributed by atoms with Crippen LogP contribution >= 0.6 is 0 Å². The van der Waals surface area contributed by atoms with Crippen molar-refractivity contribution in [3.05, 3.63) is 77.6 Å². The molecule has 1 aromatic heterocycles. The normalized spacial score (nSPS) is 10.4. The molecular formula is C21H16N4O3. The standard InChI is InChI=1S/C21H16N4O3/c1-14(26)24-17-7-4-6-15(11-17)21(27)25-23-13-18-9-10-20(28-18)19-8-3-2-5-16(19)12-22/h2-11,13H,1H3,(H,24,26)(H,25,27). The Kier molecular flexibility index (Phi) is 5.63. The second-order valence-electron chi connectivity index (χ2n) is 5.82. The van der Waals surface area contributed by atoms with Gasteiger partial charge in [0.15, 0.2) is 0 Å². The van der Waals surface area contributed by atoms with E-state index in [1.807, 2.05) is 6.07 Å². The van der Waals surface area contributed by atoms with Gasteiger partial charge in [0.05, 0.1) is 17.8 Å². The van der Waals surface area contributed by atoms with Crippen molar-refractivity contribution in [1.29, 1.82) is 5.26 Å². The molecule has 1 heterocycles. The average molecular weight is 372 g/mol. The molecule has 0 radical (unpaired) electrons. The van der Waals surface area contributed by atoms with Crippen LogP contribution in [0.5, 0.6) is 0 Å². The largest absolute Gasteiger partial charge is 0.455 e. The lowest BCUT2D eigenvalue weighted by atomic mass is 10.1. The highest BCUT2D eigenvalue weighted by Crippen LogP contribution is 2.24. The molecule has 138 valence electrons. The number of hydrazone groups is 1. The Hall–Kier alpha value is -4.18. The molecule has 2 N–H and O–H groups in total. The van der Waals surface area contributed by atoms with Crippen molar-refractivity contribution in [3.63, 3.8) is 0 Å². The molecule has 0 aliphatic rings. The van der Waals surface area contributed by atoms with Crippen molar-refractivity contribution >= 4 is 23.7 Å². The first-order valence-corrected chi connectivity index (χ1v) is 8.37. The van der Waals surface area contributed by atoms with Gasteiger partial charge in [-0.05, 0) is 42.5 Å². The van der Waals surface area contributed by atoms with Crippen LogP contribution in [0, 0.1) is 11.3 Å². The Labute approximate surface area is 161 Å². The highest BCUT2D eigenvalue weighted by Gasteiger charge is 2.09. The zero-order valence-corrected chi connectivity index (χ0v) is 15.0. The third-order valence-electron chi connectivity index (χ3n) is 3.74. The van der Waals surface area contributed by atoms with E-state index < -0.39 is 5.91 Å². The molecule has 0 bridgehead atoms. The Morgan fingerprint density at radius 2 is 1.93 bits per heavy atom. The van der Waals surface area contributed by atoms with Gasteiger partial charge < -0.3 is 9.73 Å². The molecule has 0 fully saturated rings. The van der Waals surface area contributed by atoms with E-state index in [-0.39, 0.29) is 5.91 Å². The lowest BCUT2D eigenvalue weighted by Crippen LogP contribution is -2.18. The van der Waals surface area contributed by atoms with E-state index in [0.717, 1.165) is 0 Å². The summed E-state index contributed by atoms with van der Waals surface area (Å²) in [6, 6.07) is 19.2. The second kappa shape index (κ2) is 8.47. The molecule has 0 unspecified atom stereocenters. The molecule has 0 aliphatic carbocycles. The SMILES string of the molecule is CC(=O)Nc1cccc(C(=O)NN=Cc2ccc(-c3ccccc3C#N)o2)c1. The molecule has 0 saturated heterocycles. The fourth-order valence-electron chi connectivity index (χ4n) is 2.52. The highest BCUT2D eigenvalue weighted by atomic mass is 16.3. The first kappa shape index (κ1) is 18.6. The summed E-state index contributed by atoms with van der Waals surface area (Å²) < 4.78 is 5.66. The van der Waals surface area contributed by atoms with Crippen LogP contribution in [-0.2, 0) is 4.79 Å². The molecule has 28 heavy (non-hydrogen) atoms. The smallest absolute Gasteiger partial charge is 0.271 e. The van der Waals surface area contributed by atoms with E-state index in [2.05, 4.69) is 21.9 Å². The van der Waals surface area contributed by atoms with Gasteiger partial charge in [0.2, 0.25) is 5.91 Å². The van der Waals surface area contributed by atoms with Gasteiger partial charge in [0, 0.05) is 23.7 Å². The fraction of sp³-hybridized carbons (Fsp3) is 0.0476. The number of carbonyl (C=O) groups excluding carboxylic acids is 2. The zero-order chi connectivity index (χ0) is 19.9. The third-order valence-corrected chi connectivity index (χ3v) is 3.74. The molecule has 7 nitrogen and oxygen atoms in total. The number of amides is 2. The van der Waals surface area contributed by atoms with Gasteiger partial charge in [0.25, 0.3) is 5.91 Å². The summed E-state index contributed by atoms with van der Waals surface area (Å²) in [4.78, 5) is 23.3. The summed E-state index contributed by atoms with van der Waals surface area (Å²) in [5, 5.41) is 15.7. The number of nitrogens with one attached hydrogen (secondary N) is 2. The minimum atomic E-state index is -0.426. The molecule has 0 aliphatic heterocycles. The zero-order valence-electron chi connectivity index (χ0n) is 15.0. The third kappa shape index (κ3) is 4.51. The van der Waals surface area contributed by atoms with Gasteiger partial charge in [-0.3, -0.25) is 9.59 Å². The number of nitriles is 1. The molecule has 0 spiro atoms. The molecule has 7 heteroatoms. The monoisotopic (exact) mass is 372 g/mol. The van der Waals surface area contributed by atoms with Crippen molar-refractivity contribution in [2.45, 2.75) is 6.92 Å². The molecule has 0 atom stereocenters. The molecule has 3 aromatic rings. The minimum Gasteiger partial charge on any atom is -0.455 e. The Balaban J connectivity index is 1.67. The lowest BCUT2D eigenvalue weighted by molar-refractivity contribution is -0.114. The number of nitrogens with zero attached hydrogens (tertiary/aromatic N) is 2. The summed E-state index contributed by atoms with van der Waals surface area (Å²) >= 11 is 0. The van der Waals surface area contributed by atoms with Crippen LogP contribution in [0.4, 0.5) is 5.69 Å². The first-order valence-electron chi connectivity index (χ1n) is 8.37.